The van der Waals surface area contributed by atoms with Crippen molar-refractivity contribution >= 4 is 12.4 Å². The summed E-state index contributed by atoms with van der Waals surface area (Å²) >= 11 is 0. The van der Waals surface area contributed by atoms with Crippen LogP contribution in [0.15, 0.2) is 34.3 Å². The van der Waals surface area contributed by atoms with E-state index in [-0.39, 0.29) is 45.1 Å². The largest absolute Gasteiger partial charge is 0.507 e. The van der Waals surface area contributed by atoms with Crippen molar-refractivity contribution in [3.63, 3.8) is 0 Å². The molecular formula is C35H52CoN2O2. The second-order valence-corrected chi connectivity index (χ2v) is 13.9. The summed E-state index contributed by atoms with van der Waals surface area (Å²) in [6, 6.07) is 8.48. The van der Waals surface area contributed by atoms with Gasteiger partial charge in [-0.3, -0.25) is 9.98 Å². The third kappa shape index (κ3) is 7.79. The maximum atomic E-state index is 11.3. The number of aliphatic imine (C=N–C) groups is 2. The van der Waals surface area contributed by atoms with Crippen molar-refractivity contribution in [2.45, 2.75) is 136 Å². The zero-order valence-corrected chi connectivity index (χ0v) is 27.5. The standard InChI is InChI=1S/C35H52N2O2.Co/c1-11-34(7,8)27-18-23(3)17-24(31(27)38)21-36-29-15-13-14-16-30(29)37-22-25-19-26(33(4,5)6)20-28(32(25)39)35(9,10)12-2;/h17-22,29-30,38-39H,11-16H2,1-10H3;. The Morgan fingerprint density at radius 2 is 1.15 bits per heavy atom. The van der Waals surface area contributed by atoms with E-state index in [1.165, 1.54) is 5.56 Å². The van der Waals surface area contributed by atoms with Crippen LogP contribution in [0.25, 0.3) is 0 Å². The van der Waals surface area contributed by atoms with Gasteiger partial charge >= 0.3 is 0 Å². The molecule has 1 saturated carbocycles. The Balaban J connectivity index is 0.00000560. The second kappa shape index (κ2) is 13.2. The maximum Gasteiger partial charge on any atom is 0.128 e. The predicted octanol–water partition coefficient (Wildman–Crippen LogP) is 8.93. The van der Waals surface area contributed by atoms with E-state index in [4.69, 9.17) is 9.98 Å². The normalized spacial score (nSPS) is 18.9. The minimum Gasteiger partial charge on any atom is -0.507 e. The molecule has 1 aliphatic rings. The Morgan fingerprint density at radius 3 is 1.57 bits per heavy atom. The molecule has 0 amide bonds. The van der Waals surface area contributed by atoms with Crippen molar-refractivity contribution in [1.82, 2.24) is 0 Å². The first kappa shape index (κ1) is 34.1. The topological polar surface area (TPSA) is 65.2 Å². The Labute approximate surface area is 254 Å². The molecule has 3 rings (SSSR count). The smallest absolute Gasteiger partial charge is 0.128 e. The van der Waals surface area contributed by atoms with Crippen LogP contribution in [-0.2, 0) is 33.0 Å². The summed E-state index contributed by atoms with van der Waals surface area (Å²) in [5.41, 5.74) is 5.59. The van der Waals surface area contributed by atoms with Gasteiger partial charge in [0.1, 0.15) is 11.5 Å². The van der Waals surface area contributed by atoms with Crippen LogP contribution in [0, 0.1) is 6.92 Å². The Morgan fingerprint density at radius 1 is 0.725 bits per heavy atom. The van der Waals surface area contributed by atoms with Crippen molar-refractivity contribution in [2.24, 2.45) is 9.98 Å². The minimum atomic E-state index is -0.132. The van der Waals surface area contributed by atoms with Crippen LogP contribution in [0.3, 0.4) is 0 Å². The fourth-order valence-electron chi connectivity index (χ4n) is 5.30. The van der Waals surface area contributed by atoms with Crippen molar-refractivity contribution in [2.75, 3.05) is 0 Å². The predicted molar refractivity (Wildman–Crippen MR) is 168 cm³/mol. The average molecular weight is 592 g/mol. The van der Waals surface area contributed by atoms with Crippen molar-refractivity contribution in [1.29, 1.82) is 0 Å². The molecule has 0 bridgehead atoms. The van der Waals surface area contributed by atoms with Crippen molar-refractivity contribution in [3.8, 4) is 11.5 Å². The molecule has 0 saturated heterocycles. The number of hydrogen-bond donors (Lipinski definition) is 2. The van der Waals surface area contributed by atoms with E-state index in [1.807, 2.05) is 18.5 Å². The fraction of sp³-hybridized carbons (Fsp3) is 0.600. The van der Waals surface area contributed by atoms with E-state index in [0.29, 0.717) is 11.5 Å². The van der Waals surface area contributed by atoms with Gasteiger partial charge in [0.2, 0.25) is 0 Å². The van der Waals surface area contributed by atoms with Crippen molar-refractivity contribution in [3.05, 3.63) is 57.6 Å². The van der Waals surface area contributed by atoms with Gasteiger partial charge < -0.3 is 10.2 Å². The van der Waals surface area contributed by atoms with E-state index < -0.39 is 0 Å². The van der Waals surface area contributed by atoms with E-state index in [9.17, 15) is 10.2 Å². The molecule has 2 aromatic rings. The second-order valence-electron chi connectivity index (χ2n) is 13.9. The number of hydrogen-bond acceptors (Lipinski definition) is 4. The van der Waals surface area contributed by atoms with E-state index in [1.54, 1.807) is 0 Å². The van der Waals surface area contributed by atoms with E-state index in [0.717, 1.165) is 66.3 Å². The zero-order valence-electron chi connectivity index (χ0n) is 26.5. The van der Waals surface area contributed by atoms with Crippen molar-refractivity contribution < 1.29 is 27.0 Å². The van der Waals surface area contributed by atoms with Gasteiger partial charge in [-0.05, 0) is 72.1 Å². The van der Waals surface area contributed by atoms with Crippen LogP contribution in [-0.4, -0.2) is 34.7 Å². The summed E-state index contributed by atoms with van der Waals surface area (Å²) in [5.74, 6) is 0.673. The van der Waals surface area contributed by atoms with Gasteiger partial charge in [0.15, 0.2) is 0 Å². The summed E-state index contributed by atoms with van der Waals surface area (Å²) in [6.45, 7) is 21.8. The Bertz CT molecular complexity index is 1220. The Hall–Kier alpha value is -2.11. The molecule has 4 nitrogen and oxygen atoms in total. The van der Waals surface area contributed by atoms with Gasteiger partial charge in [0.25, 0.3) is 0 Å². The monoisotopic (exact) mass is 591 g/mol. The molecule has 0 heterocycles. The summed E-state index contributed by atoms with van der Waals surface area (Å²) in [5, 5.41) is 22.4. The van der Waals surface area contributed by atoms with Gasteiger partial charge in [0.05, 0.1) is 12.1 Å². The molecule has 2 N–H and O–H groups in total. The molecule has 2 unspecified atom stereocenters. The number of aromatic hydroxyl groups is 2. The number of nitrogens with zero attached hydrogens (tertiary/aromatic N) is 2. The molecule has 0 aromatic heterocycles. The summed E-state index contributed by atoms with van der Waals surface area (Å²) < 4.78 is 0. The molecule has 1 radical (unpaired) electrons. The molecule has 2 aromatic carbocycles. The first-order chi connectivity index (χ1) is 18.1. The van der Waals surface area contributed by atoms with E-state index in [2.05, 4.69) is 87.4 Å². The molecular weight excluding hydrogens is 539 g/mol. The van der Waals surface area contributed by atoms with Gasteiger partial charge in [-0.1, -0.05) is 87.3 Å². The van der Waals surface area contributed by atoms with Crippen LogP contribution in [0.5, 0.6) is 11.5 Å². The van der Waals surface area contributed by atoms with Crippen LogP contribution in [0.4, 0.5) is 0 Å². The van der Waals surface area contributed by atoms with Gasteiger partial charge in [-0.25, -0.2) is 0 Å². The van der Waals surface area contributed by atoms with Crippen LogP contribution in [0.2, 0.25) is 0 Å². The molecule has 0 spiro atoms. The Kier molecular flexibility index (Phi) is 11.3. The molecule has 0 aliphatic heterocycles. The van der Waals surface area contributed by atoms with Crippen LogP contribution < -0.4 is 0 Å². The minimum absolute atomic E-state index is 0. The summed E-state index contributed by atoms with van der Waals surface area (Å²) in [4.78, 5) is 10.0. The first-order valence-electron chi connectivity index (χ1n) is 14.9. The maximum absolute atomic E-state index is 11.3. The van der Waals surface area contributed by atoms with Gasteiger partial charge in [-0.15, -0.1) is 0 Å². The van der Waals surface area contributed by atoms with E-state index >= 15 is 0 Å². The molecule has 223 valence electrons. The number of aryl methyl sites for hydroxylation is 1. The summed E-state index contributed by atoms with van der Waals surface area (Å²) in [7, 11) is 0. The quantitative estimate of drug-likeness (QED) is 0.301. The van der Waals surface area contributed by atoms with Gasteiger partial charge in [0, 0.05) is 51.5 Å². The molecule has 2 atom stereocenters. The molecule has 1 aliphatic carbocycles. The third-order valence-corrected chi connectivity index (χ3v) is 9.02. The van der Waals surface area contributed by atoms with Gasteiger partial charge in [-0.2, -0.15) is 0 Å². The SMILES string of the molecule is CCC(C)(C)c1cc(C)cc(C=NC2CCCCC2N=Cc2cc(C(C)(C)C)cc(C(C)(C)CC)c2O)c1O.[Co]. The third-order valence-electron chi connectivity index (χ3n) is 9.02. The summed E-state index contributed by atoms with van der Waals surface area (Å²) in [6.07, 6.45) is 9.82. The number of rotatable bonds is 8. The number of phenolic OH excluding ortho intramolecular Hbond substituents is 2. The fourth-order valence-corrected chi connectivity index (χ4v) is 5.30. The van der Waals surface area contributed by atoms with Crippen LogP contribution in [0.1, 0.15) is 134 Å². The molecule has 1 fully saturated rings. The molecule has 5 heteroatoms. The molecule has 40 heavy (non-hydrogen) atoms. The number of benzene rings is 2. The first-order valence-corrected chi connectivity index (χ1v) is 14.9. The zero-order chi connectivity index (χ0) is 29.2. The average Bonchev–Trinajstić information content (AvgIpc) is 2.87. The number of phenols is 2. The van der Waals surface area contributed by atoms with Crippen LogP contribution >= 0.6 is 0 Å².